The van der Waals surface area contributed by atoms with Gasteiger partial charge in [0.05, 0.1) is 4.90 Å². The molecule has 0 aliphatic heterocycles. The maximum atomic E-state index is 12.6. The van der Waals surface area contributed by atoms with Crippen LogP contribution >= 0.6 is 0 Å². The summed E-state index contributed by atoms with van der Waals surface area (Å²) in [4.78, 5) is -1.09. The van der Waals surface area contributed by atoms with E-state index >= 15 is 0 Å². The van der Waals surface area contributed by atoms with Crippen LogP contribution in [-0.2, 0) is 20.0 Å². The normalized spacial score (nSPS) is 12.8. The van der Waals surface area contributed by atoms with Crippen LogP contribution < -0.4 is 8.86 Å². The molecule has 0 aliphatic rings. The van der Waals surface area contributed by atoms with E-state index < -0.39 is 48.3 Å². The van der Waals surface area contributed by atoms with E-state index in [4.69, 9.17) is 0 Å². The molecular formula is C9H5F6NO5S2. The molecule has 1 aromatic rings. The van der Waals surface area contributed by atoms with E-state index in [1.54, 1.807) is 0 Å². The molecule has 0 aliphatic carbocycles. The van der Waals surface area contributed by atoms with Crippen LogP contribution in [0, 0.1) is 0 Å². The smallest absolute Gasteiger partial charge is 0.428 e. The molecule has 130 valence electrons. The molecule has 0 atom stereocenters. The van der Waals surface area contributed by atoms with Crippen LogP contribution in [0.25, 0.3) is 0 Å². The Kier molecular flexibility index (Phi) is 5.33. The average Bonchev–Trinajstić information content (AvgIpc) is 2.36. The Labute approximate surface area is 125 Å². The number of ether oxygens (including phenoxy) is 1. The van der Waals surface area contributed by atoms with Gasteiger partial charge in [0, 0.05) is 6.07 Å². The molecule has 1 N–H and O–H groups in total. The fraction of sp³-hybridized carbons (Fsp3) is 0.111. The van der Waals surface area contributed by atoms with Crippen molar-refractivity contribution in [3.63, 3.8) is 0 Å². The van der Waals surface area contributed by atoms with Crippen molar-refractivity contribution in [1.29, 1.82) is 0 Å². The largest absolute Gasteiger partial charge is 0.512 e. The van der Waals surface area contributed by atoms with Crippen LogP contribution in [0.5, 0.6) is 5.75 Å². The Morgan fingerprint density at radius 2 is 1.61 bits per heavy atom. The molecule has 0 saturated carbocycles. The van der Waals surface area contributed by atoms with Crippen molar-refractivity contribution < 1.29 is 47.9 Å². The van der Waals surface area contributed by atoms with Gasteiger partial charge in [-0.25, -0.2) is 16.8 Å². The lowest BCUT2D eigenvalue weighted by Gasteiger charge is -2.10. The van der Waals surface area contributed by atoms with Crippen molar-refractivity contribution >= 4 is 20.0 Å². The summed E-state index contributed by atoms with van der Waals surface area (Å²) in [7, 11) is -11.5. The molecule has 0 radical (unpaired) electrons. The Balaban J connectivity index is 3.19. The second-order valence-electron chi connectivity index (χ2n) is 3.65. The van der Waals surface area contributed by atoms with E-state index in [0.29, 0.717) is 16.3 Å². The summed E-state index contributed by atoms with van der Waals surface area (Å²) < 4.78 is 122. The van der Waals surface area contributed by atoms with Gasteiger partial charge in [-0.05, 0) is 12.1 Å². The molecule has 1 rings (SSSR count). The van der Waals surface area contributed by atoms with Crippen LogP contribution in [-0.4, -0.2) is 22.3 Å². The highest BCUT2D eigenvalue weighted by atomic mass is 32.3. The van der Waals surface area contributed by atoms with Crippen LogP contribution in [0.4, 0.5) is 26.3 Å². The maximum Gasteiger partial charge on any atom is 0.512 e. The third-order valence-electron chi connectivity index (χ3n) is 2.00. The lowest BCUT2D eigenvalue weighted by molar-refractivity contribution is -0.0441. The van der Waals surface area contributed by atoms with E-state index in [1.165, 1.54) is 0 Å². The van der Waals surface area contributed by atoms with Crippen molar-refractivity contribution in [3.8, 4) is 5.75 Å². The Bertz CT molecular complexity index is 826. The minimum atomic E-state index is -6.24. The molecule has 0 fully saturated rings. The maximum absolute atomic E-state index is 12.6. The molecule has 23 heavy (non-hydrogen) atoms. The molecule has 0 saturated heterocycles. The topological polar surface area (TPSA) is 89.5 Å². The molecule has 0 spiro atoms. The van der Waals surface area contributed by atoms with Crippen LogP contribution in [0.3, 0.4) is 0 Å². The quantitative estimate of drug-likeness (QED) is 0.620. The summed E-state index contributed by atoms with van der Waals surface area (Å²) in [6.45, 7) is 0. The summed E-state index contributed by atoms with van der Waals surface area (Å²) in [5.41, 5.74) is -5.90. The van der Waals surface area contributed by atoms with Gasteiger partial charge in [-0.2, -0.15) is 26.3 Å². The van der Waals surface area contributed by atoms with Gasteiger partial charge in [-0.1, -0.05) is 10.2 Å². The second kappa shape index (κ2) is 6.37. The van der Waals surface area contributed by atoms with Gasteiger partial charge >= 0.3 is 27.6 Å². The first-order valence-electron chi connectivity index (χ1n) is 5.10. The van der Waals surface area contributed by atoms with Gasteiger partial charge in [0.2, 0.25) is 0 Å². The third kappa shape index (κ3) is 4.84. The average molecular weight is 385 g/mol. The van der Waals surface area contributed by atoms with E-state index in [1.807, 2.05) is 0 Å². The molecule has 0 amide bonds. The van der Waals surface area contributed by atoms with Crippen LogP contribution in [0.1, 0.15) is 0 Å². The first-order valence-corrected chi connectivity index (χ1v) is 8.06. The van der Waals surface area contributed by atoms with E-state index in [0.717, 1.165) is 12.1 Å². The van der Waals surface area contributed by atoms with Crippen molar-refractivity contribution in [2.24, 2.45) is 0 Å². The number of hydrogen-bond donors (Lipinski definition) is 1. The molecule has 0 heterocycles. The molecule has 0 unspecified atom stereocenters. The monoisotopic (exact) mass is 385 g/mol. The highest BCUT2D eigenvalue weighted by Crippen LogP contribution is 2.25. The predicted molar refractivity (Wildman–Crippen MR) is 62.7 cm³/mol. The highest BCUT2D eigenvalue weighted by molar-refractivity contribution is 8.05. The summed E-state index contributed by atoms with van der Waals surface area (Å²) in [6, 6.07) is 0.217. The number of nitrogens with one attached hydrogen (secondary N) is 1. The number of benzene rings is 1. The van der Waals surface area contributed by atoms with Gasteiger partial charge in [0.15, 0.2) is 0 Å². The summed E-state index contributed by atoms with van der Waals surface area (Å²) in [5, 5.41) is 0. The lowest BCUT2D eigenvalue weighted by Crippen LogP contribution is -2.40. The first kappa shape index (κ1) is 19.2. The Morgan fingerprint density at radius 3 is 2.09 bits per heavy atom. The fourth-order valence-electron chi connectivity index (χ4n) is 1.09. The molecule has 6 nitrogen and oxygen atoms in total. The van der Waals surface area contributed by atoms with Gasteiger partial charge in [0.25, 0.3) is 10.0 Å². The van der Waals surface area contributed by atoms with Crippen molar-refractivity contribution in [3.05, 3.63) is 36.4 Å². The minimum absolute atomic E-state index is 0.344. The zero-order valence-corrected chi connectivity index (χ0v) is 12.1. The van der Waals surface area contributed by atoms with Crippen molar-refractivity contribution in [2.45, 2.75) is 10.4 Å². The molecule has 14 heteroatoms. The zero-order chi connectivity index (χ0) is 18.1. The zero-order valence-electron chi connectivity index (χ0n) is 10.4. The van der Waals surface area contributed by atoms with Crippen LogP contribution in [0.15, 0.2) is 41.3 Å². The van der Waals surface area contributed by atoms with Gasteiger partial charge in [-0.3, -0.25) is 0 Å². The van der Waals surface area contributed by atoms with Gasteiger partial charge < -0.3 is 4.74 Å². The first-order chi connectivity index (χ1) is 10.3. The van der Waals surface area contributed by atoms with Crippen molar-refractivity contribution in [1.82, 2.24) is 4.13 Å². The molecule has 0 aromatic heterocycles. The molecule has 0 bridgehead atoms. The van der Waals surface area contributed by atoms with Gasteiger partial charge in [0.1, 0.15) is 5.75 Å². The van der Waals surface area contributed by atoms with E-state index in [2.05, 4.69) is 4.74 Å². The Hall–Kier alpha value is -1.80. The minimum Gasteiger partial charge on any atom is -0.428 e. The summed E-state index contributed by atoms with van der Waals surface area (Å²) >= 11 is 0. The number of halogens is 6. The fourth-order valence-corrected chi connectivity index (χ4v) is 3.53. The molecular weight excluding hydrogens is 380 g/mol. The van der Waals surface area contributed by atoms with Gasteiger partial charge in [-0.15, -0.1) is 0 Å². The SMILES string of the molecule is O=S(=O)(NS(=O)(=O)C(F)(F)F)c1cccc(OC(F)=C(F)F)c1. The summed E-state index contributed by atoms with van der Waals surface area (Å²) in [5.74, 6) is -0.817. The number of alkyl halides is 3. The van der Waals surface area contributed by atoms with E-state index in [9.17, 15) is 43.2 Å². The highest BCUT2D eigenvalue weighted by Gasteiger charge is 2.48. The molecule has 1 aromatic carbocycles. The second-order valence-corrected chi connectivity index (χ2v) is 7.26. The Morgan fingerprint density at radius 1 is 1.04 bits per heavy atom. The summed E-state index contributed by atoms with van der Waals surface area (Å²) in [6.07, 6.45) is -2.86. The standard InChI is InChI=1S/C9H5F6NO5S2/c10-7(11)8(12)21-5-2-1-3-6(4-5)22(17,18)16-23(19,20)9(13,14)15/h1-4,16H. The number of hydrogen-bond acceptors (Lipinski definition) is 5. The van der Waals surface area contributed by atoms with Crippen LogP contribution in [0.2, 0.25) is 0 Å². The number of rotatable bonds is 5. The van der Waals surface area contributed by atoms with E-state index in [-0.39, 0.29) is 0 Å². The lowest BCUT2D eigenvalue weighted by atomic mass is 10.3. The predicted octanol–water partition coefficient (Wildman–Crippen LogP) is 2.23. The third-order valence-corrected chi connectivity index (χ3v) is 5.24. The van der Waals surface area contributed by atoms with Crippen molar-refractivity contribution in [2.75, 3.05) is 0 Å². The number of sulfonamides is 2.